The molecule has 0 saturated carbocycles. The van der Waals surface area contributed by atoms with E-state index in [9.17, 15) is 14.4 Å². The summed E-state index contributed by atoms with van der Waals surface area (Å²) in [5, 5.41) is 11.1. The van der Waals surface area contributed by atoms with Crippen LogP contribution in [-0.4, -0.2) is 40.9 Å². The van der Waals surface area contributed by atoms with Crippen LogP contribution in [0.2, 0.25) is 0 Å². The van der Waals surface area contributed by atoms with Crippen molar-refractivity contribution in [3.8, 4) is 0 Å². The number of nitrogens with one attached hydrogen (secondary N) is 1. The summed E-state index contributed by atoms with van der Waals surface area (Å²) in [6, 6.07) is 7.03. The van der Waals surface area contributed by atoms with E-state index in [1.54, 1.807) is 24.3 Å². The smallest absolute Gasteiger partial charge is 0.250 e. The molecule has 0 spiro atoms. The standard InChI is InChI=1S/C14H16N2O4.C5H12/c17-9-12(18)15-11-4-1-10(2-5-11)3-6-13(19)16-8-7-14(16)20;1-3-5-4-2/h1-2,4-5,17H,3,6-9H2,(H,15,18);3-5H2,1-2H3. The number of carbonyl (C=O) groups is 3. The number of imide groups is 1. The first-order chi connectivity index (χ1) is 12.0. The van der Waals surface area contributed by atoms with E-state index in [0.29, 0.717) is 31.5 Å². The number of aliphatic hydroxyl groups excluding tert-OH is 1. The van der Waals surface area contributed by atoms with Gasteiger partial charge in [-0.05, 0) is 24.1 Å². The van der Waals surface area contributed by atoms with Gasteiger partial charge in [0.25, 0.3) is 0 Å². The minimum atomic E-state index is -0.555. The van der Waals surface area contributed by atoms with Gasteiger partial charge in [0.05, 0.1) is 0 Å². The van der Waals surface area contributed by atoms with E-state index in [2.05, 4.69) is 19.2 Å². The first kappa shape index (κ1) is 20.8. The Balaban J connectivity index is 0.000000550. The maximum absolute atomic E-state index is 11.7. The summed E-state index contributed by atoms with van der Waals surface area (Å²) < 4.78 is 0. The lowest BCUT2D eigenvalue weighted by Gasteiger charge is -2.28. The van der Waals surface area contributed by atoms with Gasteiger partial charge in [0.15, 0.2) is 0 Å². The summed E-state index contributed by atoms with van der Waals surface area (Å²) >= 11 is 0. The Hall–Kier alpha value is -2.21. The van der Waals surface area contributed by atoms with Gasteiger partial charge in [-0.2, -0.15) is 0 Å². The normalized spacial score (nSPS) is 12.8. The van der Waals surface area contributed by atoms with Gasteiger partial charge in [-0.15, -0.1) is 0 Å². The zero-order valence-corrected chi connectivity index (χ0v) is 15.1. The zero-order chi connectivity index (χ0) is 18.7. The number of benzene rings is 1. The number of amides is 3. The summed E-state index contributed by atoms with van der Waals surface area (Å²) in [7, 11) is 0. The van der Waals surface area contributed by atoms with E-state index in [-0.39, 0.29) is 11.8 Å². The SMILES string of the molecule is CCCCC.O=C(CO)Nc1ccc(CCC(=O)N2CCC2=O)cc1. The van der Waals surface area contributed by atoms with E-state index in [1.165, 1.54) is 24.2 Å². The van der Waals surface area contributed by atoms with Crippen LogP contribution < -0.4 is 5.32 Å². The second kappa shape index (κ2) is 11.4. The number of carbonyl (C=O) groups excluding carboxylic acids is 3. The van der Waals surface area contributed by atoms with Crippen LogP contribution in [-0.2, 0) is 20.8 Å². The molecule has 0 unspecified atom stereocenters. The van der Waals surface area contributed by atoms with Gasteiger partial charge in [0.2, 0.25) is 17.7 Å². The quantitative estimate of drug-likeness (QED) is 0.741. The molecule has 6 nitrogen and oxygen atoms in total. The summed E-state index contributed by atoms with van der Waals surface area (Å²) in [5.41, 5.74) is 1.55. The van der Waals surface area contributed by atoms with Gasteiger partial charge in [-0.1, -0.05) is 45.2 Å². The highest BCUT2D eigenvalue weighted by Gasteiger charge is 2.29. The van der Waals surface area contributed by atoms with Gasteiger partial charge >= 0.3 is 0 Å². The maximum atomic E-state index is 11.7. The Bertz CT molecular complexity index is 567. The molecule has 6 heteroatoms. The fourth-order valence-electron chi connectivity index (χ4n) is 2.27. The first-order valence-electron chi connectivity index (χ1n) is 8.84. The first-order valence-corrected chi connectivity index (χ1v) is 8.84. The van der Waals surface area contributed by atoms with Crippen molar-refractivity contribution in [1.29, 1.82) is 0 Å². The molecule has 1 aromatic carbocycles. The van der Waals surface area contributed by atoms with Crippen molar-refractivity contribution in [2.45, 2.75) is 52.4 Å². The van der Waals surface area contributed by atoms with Crippen molar-refractivity contribution in [2.75, 3.05) is 18.5 Å². The number of hydrogen-bond donors (Lipinski definition) is 2. The highest BCUT2D eigenvalue weighted by atomic mass is 16.3. The third kappa shape index (κ3) is 7.47. The number of nitrogens with zero attached hydrogens (tertiary/aromatic N) is 1. The number of hydrogen-bond acceptors (Lipinski definition) is 4. The van der Waals surface area contributed by atoms with Crippen LogP contribution in [0.4, 0.5) is 5.69 Å². The van der Waals surface area contributed by atoms with Crippen molar-refractivity contribution in [3.63, 3.8) is 0 Å². The minimum absolute atomic E-state index is 0.0999. The number of anilines is 1. The van der Waals surface area contributed by atoms with E-state index in [1.807, 2.05) is 0 Å². The monoisotopic (exact) mass is 348 g/mol. The average molecular weight is 348 g/mol. The lowest BCUT2D eigenvalue weighted by atomic mass is 10.1. The van der Waals surface area contributed by atoms with Crippen LogP contribution in [0.1, 0.15) is 51.5 Å². The molecule has 3 amide bonds. The second-order valence-corrected chi connectivity index (χ2v) is 5.95. The molecule has 1 aromatic rings. The van der Waals surface area contributed by atoms with Crippen LogP contribution in [0.15, 0.2) is 24.3 Å². The van der Waals surface area contributed by atoms with Gasteiger partial charge in [0, 0.05) is 25.1 Å². The Kier molecular flexibility index (Phi) is 9.47. The molecule has 2 N–H and O–H groups in total. The van der Waals surface area contributed by atoms with Gasteiger partial charge in [0.1, 0.15) is 6.61 Å². The largest absolute Gasteiger partial charge is 0.387 e. The Morgan fingerprint density at radius 3 is 2.20 bits per heavy atom. The number of likely N-dealkylation sites (tertiary alicyclic amines) is 1. The molecule has 0 aliphatic carbocycles. The molecule has 0 radical (unpaired) electrons. The van der Waals surface area contributed by atoms with Crippen molar-refractivity contribution in [3.05, 3.63) is 29.8 Å². The van der Waals surface area contributed by atoms with Crippen LogP contribution in [0.3, 0.4) is 0 Å². The number of aliphatic hydroxyl groups is 1. The zero-order valence-electron chi connectivity index (χ0n) is 15.1. The molecule has 2 rings (SSSR count). The maximum Gasteiger partial charge on any atom is 0.250 e. The molecular formula is C19H28N2O4. The molecule has 1 aliphatic rings. The van der Waals surface area contributed by atoms with Gasteiger partial charge < -0.3 is 10.4 Å². The third-order valence-corrected chi connectivity index (χ3v) is 3.87. The predicted molar refractivity (Wildman–Crippen MR) is 97.0 cm³/mol. The molecule has 1 aliphatic heterocycles. The summed E-state index contributed by atoms with van der Waals surface area (Å²) in [5.74, 6) is -0.708. The van der Waals surface area contributed by atoms with E-state index < -0.39 is 12.5 Å². The number of rotatable bonds is 7. The van der Waals surface area contributed by atoms with Crippen molar-refractivity contribution < 1.29 is 19.5 Å². The van der Waals surface area contributed by atoms with Crippen LogP contribution >= 0.6 is 0 Å². The van der Waals surface area contributed by atoms with Crippen LogP contribution in [0, 0.1) is 0 Å². The van der Waals surface area contributed by atoms with Crippen LogP contribution in [0.25, 0.3) is 0 Å². The molecule has 0 atom stereocenters. The number of unbranched alkanes of at least 4 members (excludes halogenated alkanes) is 2. The molecule has 25 heavy (non-hydrogen) atoms. The molecule has 138 valence electrons. The van der Waals surface area contributed by atoms with Gasteiger partial charge in [-0.3, -0.25) is 19.3 Å². The molecular weight excluding hydrogens is 320 g/mol. The van der Waals surface area contributed by atoms with Crippen molar-refractivity contribution >= 4 is 23.4 Å². The Morgan fingerprint density at radius 1 is 1.16 bits per heavy atom. The summed E-state index contributed by atoms with van der Waals surface area (Å²) in [6.07, 6.45) is 5.39. The predicted octanol–water partition coefficient (Wildman–Crippen LogP) is 2.51. The molecule has 0 bridgehead atoms. The molecule has 0 aromatic heterocycles. The fraction of sp³-hybridized carbons (Fsp3) is 0.526. The second-order valence-electron chi connectivity index (χ2n) is 5.95. The van der Waals surface area contributed by atoms with E-state index in [0.717, 1.165) is 5.56 Å². The Labute approximate surface area is 149 Å². The fourth-order valence-corrected chi connectivity index (χ4v) is 2.27. The average Bonchev–Trinajstić information content (AvgIpc) is 2.61. The highest BCUT2D eigenvalue weighted by Crippen LogP contribution is 2.14. The van der Waals surface area contributed by atoms with E-state index in [4.69, 9.17) is 5.11 Å². The third-order valence-electron chi connectivity index (χ3n) is 3.87. The lowest BCUT2D eigenvalue weighted by molar-refractivity contribution is -0.152. The van der Waals surface area contributed by atoms with Crippen LogP contribution in [0.5, 0.6) is 0 Å². The topological polar surface area (TPSA) is 86.7 Å². The summed E-state index contributed by atoms with van der Waals surface area (Å²) in [4.78, 5) is 35.0. The minimum Gasteiger partial charge on any atom is -0.387 e. The van der Waals surface area contributed by atoms with Gasteiger partial charge in [-0.25, -0.2) is 0 Å². The lowest BCUT2D eigenvalue weighted by Crippen LogP contribution is -2.47. The Morgan fingerprint density at radius 2 is 1.80 bits per heavy atom. The van der Waals surface area contributed by atoms with Crippen molar-refractivity contribution in [2.24, 2.45) is 0 Å². The highest BCUT2D eigenvalue weighted by molar-refractivity contribution is 5.99. The number of β-lactam (4-membered cyclic amide) rings is 1. The van der Waals surface area contributed by atoms with E-state index >= 15 is 0 Å². The molecule has 1 heterocycles. The number of aryl methyl sites for hydroxylation is 1. The summed E-state index contributed by atoms with van der Waals surface area (Å²) in [6.45, 7) is 4.40. The molecule has 1 fully saturated rings. The van der Waals surface area contributed by atoms with Crippen molar-refractivity contribution in [1.82, 2.24) is 4.90 Å². The molecule has 1 saturated heterocycles.